The van der Waals surface area contributed by atoms with Crippen LogP contribution in [-0.2, 0) is 4.79 Å². The summed E-state index contributed by atoms with van der Waals surface area (Å²) in [5.74, 6) is 1.24. The summed E-state index contributed by atoms with van der Waals surface area (Å²) in [6.07, 6.45) is 0. The first-order valence-corrected chi connectivity index (χ1v) is 7.30. The number of aryl methyl sites for hydroxylation is 3. The number of carbonyl (C=O) groups is 1. The summed E-state index contributed by atoms with van der Waals surface area (Å²) >= 11 is 0. The number of oxazole rings is 1. The van der Waals surface area contributed by atoms with Crippen molar-refractivity contribution >= 4 is 17.1 Å². The fourth-order valence-electron chi connectivity index (χ4n) is 2.40. The molecule has 0 saturated carbocycles. The molecular formula is C18H17NO4. The van der Waals surface area contributed by atoms with E-state index in [1.165, 1.54) is 0 Å². The van der Waals surface area contributed by atoms with E-state index in [1.54, 1.807) is 25.1 Å². The van der Waals surface area contributed by atoms with Crippen LogP contribution in [0.5, 0.6) is 11.5 Å². The molecule has 3 aromatic rings. The zero-order valence-electron chi connectivity index (χ0n) is 13.3. The van der Waals surface area contributed by atoms with Crippen molar-refractivity contribution in [2.24, 2.45) is 0 Å². The second-order valence-corrected chi connectivity index (χ2v) is 5.35. The zero-order valence-corrected chi connectivity index (χ0v) is 13.3. The highest BCUT2D eigenvalue weighted by atomic mass is 16.6. The highest BCUT2D eigenvalue weighted by Gasteiger charge is 2.11. The van der Waals surface area contributed by atoms with Crippen molar-refractivity contribution in [3.63, 3.8) is 0 Å². The van der Waals surface area contributed by atoms with E-state index in [0.717, 1.165) is 11.1 Å². The van der Waals surface area contributed by atoms with Crippen LogP contribution >= 0.6 is 0 Å². The number of aromatic nitrogens is 1. The standard InChI is InChI=1S/C18H17NO4/c1-11-5-4-6-12(2)18(11)21-10-17(20)23-14-7-8-16-15(9-14)19-13(3)22-16/h4-9H,10H2,1-3H3. The molecule has 0 saturated heterocycles. The Morgan fingerprint density at radius 1 is 1.13 bits per heavy atom. The van der Waals surface area contributed by atoms with Gasteiger partial charge >= 0.3 is 5.97 Å². The van der Waals surface area contributed by atoms with Crippen LogP contribution in [0.3, 0.4) is 0 Å². The molecule has 2 aromatic carbocycles. The molecule has 5 heteroatoms. The normalized spacial score (nSPS) is 10.7. The minimum absolute atomic E-state index is 0.151. The van der Waals surface area contributed by atoms with Crippen LogP contribution in [0.1, 0.15) is 17.0 Å². The SMILES string of the molecule is Cc1nc2cc(OC(=O)COc3c(C)cccc3C)ccc2o1. The Hall–Kier alpha value is -2.82. The van der Waals surface area contributed by atoms with E-state index < -0.39 is 5.97 Å². The lowest BCUT2D eigenvalue weighted by Crippen LogP contribution is -2.18. The smallest absolute Gasteiger partial charge is 0.349 e. The Morgan fingerprint density at radius 3 is 2.61 bits per heavy atom. The number of fused-ring (bicyclic) bond motifs is 1. The van der Waals surface area contributed by atoms with Crippen molar-refractivity contribution in [2.45, 2.75) is 20.8 Å². The number of rotatable bonds is 4. The highest BCUT2D eigenvalue weighted by Crippen LogP contribution is 2.23. The van der Waals surface area contributed by atoms with Gasteiger partial charge in [-0.15, -0.1) is 0 Å². The fraction of sp³-hybridized carbons (Fsp3) is 0.222. The average molecular weight is 311 g/mol. The summed E-state index contributed by atoms with van der Waals surface area (Å²) in [5, 5.41) is 0. The van der Waals surface area contributed by atoms with Crippen molar-refractivity contribution in [2.75, 3.05) is 6.61 Å². The van der Waals surface area contributed by atoms with Crippen molar-refractivity contribution in [3.8, 4) is 11.5 Å². The number of para-hydroxylation sites is 1. The molecule has 0 aliphatic carbocycles. The molecule has 23 heavy (non-hydrogen) atoms. The van der Waals surface area contributed by atoms with Crippen molar-refractivity contribution in [3.05, 3.63) is 53.4 Å². The maximum atomic E-state index is 12.0. The van der Waals surface area contributed by atoms with Crippen LogP contribution in [0, 0.1) is 20.8 Å². The molecule has 0 amide bonds. The van der Waals surface area contributed by atoms with Gasteiger partial charge in [-0.1, -0.05) is 18.2 Å². The highest BCUT2D eigenvalue weighted by molar-refractivity contribution is 5.78. The number of hydrogen-bond donors (Lipinski definition) is 0. The summed E-state index contributed by atoms with van der Waals surface area (Å²) in [6.45, 7) is 5.49. The monoisotopic (exact) mass is 311 g/mol. The van der Waals surface area contributed by atoms with Crippen LogP contribution in [0.15, 0.2) is 40.8 Å². The van der Waals surface area contributed by atoms with E-state index in [1.807, 2.05) is 32.0 Å². The van der Waals surface area contributed by atoms with Gasteiger partial charge in [0.2, 0.25) is 0 Å². The zero-order chi connectivity index (χ0) is 16.4. The van der Waals surface area contributed by atoms with Gasteiger partial charge < -0.3 is 13.9 Å². The molecule has 0 aliphatic rings. The fourth-order valence-corrected chi connectivity index (χ4v) is 2.40. The maximum Gasteiger partial charge on any atom is 0.349 e. The lowest BCUT2D eigenvalue weighted by atomic mass is 10.1. The van der Waals surface area contributed by atoms with Gasteiger partial charge in [-0.3, -0.25) is 0 Å². The topological polar surface area (TPSA) is 61.6 Å². The third-order valence-electron chi connectivity index (χ3n) is 3.44. The molecule has 1 heterocycles. The molecule has 1 aromatic heterocycles. The summed E-state index contributed by atoms with van der Waals surface area (Å²) < 4.78 is 16.3. The number of esters is 1. The first-order valence-electron chi connectivity index (χ1n) is 7.30. The molecule has 5 nitrogen and oxygen atoms in total. The van der Waals surface area contributed by atoms with E-state index in [9.17, 15) is 4.79 Å². The third kappa shape index (κ3) is 3.34. The van der Waals surface area contributed by atoms with Gasteiger partial charge in [-0.2, -0.15) is 0 Å². The maximum absolute atomic E-state index is 12.0. The molecular weight excluding hydrogens is 294 g/mol. The molecule has 0 aliphatic heterocycles. The first kappa shape index (κ1) is 15.1. The largest absolute Gasteiger partial charge is 0.481 e. The van der Waals surface area contributed by atoms with E-state index in [0.29, 0.717) is 28.5 Å². The summed E-state index contributed by atoms with van der Waals surface area (Å²) in [6, 6.07) is 10.9. The van der Waals surface area contributed by atoms with Gasteiger partial charge in [0.15, 0.2) is 18.1 Å². The van der Waals surface area contributed by atoms with Gasteiger partial charge in [-0.25, -0.2) is 9.78 Å². The minimum atomic E-state index is -0.466. The Bertz CT molecular complexity index is 846. The average Bonchev–Trinajstić information content (AvgIpc) is 2.86. The molecule has 0 atom stereocenters. The molecule has 3 rings (SSSR count). The number of ether oxygens (including phenoxy) is 2. The van der Waals surface area contributed by atoms with Gasteiger partial charge in [0.05, 0.1) is 0 Å². The molecule has 118 valence electrons. The molecule has 0 fully saturated rings. The van der Waals surface area contributed by atoms with Crippen LogP contribution in [-0.4, -0.2) is 17.6 Å². The molecule has 0 unspecified atom stereocenters. The van der Waals surface area contributed by atoms with E-state index in [2.05, 4.69) is 4.98 Å². The van der Waals surface area contributed by atoms with Crippen LogP contribution in [0.4, 0.5) is 0 Å². The number of hydrogen-bond acceptors (Lipinski definition) is 5. The van der Waals surface area contributed by atoms with Crippen LogP contribution in [0.2, 0.25) is 0 Å². The van der Waals surface area contributed by atoms with Crippen molar-refractivity contribution < 1.29 is 18.7 Å². The predicted molar refractivity (Wildman–Crippen MR) is 85.8 cm³/mol. The summed E-state index contributed by atoms with van der Waals surface area (Å²) in [7, 11) is 0. The lowest BCUT2D eigenvalue weighted by molar-refractivity contribution is -0.136. The van der Waals surface area contributed by atoms with Crippen LogP contribution in [0.25, 0.3) is 11.1 Å². The lowest BCUT2D eigenvalue weighted by Gasteiger charge is -2.11. The second-order valence-electron chi connectivity index (χ2n) is 5.35. The Kier molecular flexibility index (Phi) is 4.02. The Labute approximate surface area is 133 Å². The first-order chi connectivity index (χ1) is 11.0. The second kappa shape index (κ2) is 6.12. The molecule has 0 radical (unpaired) electrons. The predicted octanol–water partition coefficient (Wildman–Crippen LogP) is 3.74. The van der Waals surface area contributed by atoms with Gasteiger partial charge in [0, 0.05) is 13.0 Å². The van der Waals surface area contributed by atoms with Gasteiger partial charge in [-0.05, 0) is 37.1 Å². The van der Waals surface area contributed by atoms with E-state index in [-0.39, 0.29) is 6.61 Å². The Balaban J connectivity index is 1.66. The van der Waals surface area contributed by atoms with Crippen LogP contribution < -0.4 is 9.47 Å². The number of benzene rings is 2. The van der Waals surface area contributed by atoms with Crippen molar-refractivity contribution in [1.82, 2.24) is 4.98 Å². The molecule has 0 N–H and O–H groups in total. The van der Waals surface area contributed by atoms with E-state index in [4.69, 9.17) is 13.9 Å². The van der Waals surface area contributed by atoms with E-state index >= 15 is 0 Å². The van der Waals surface area contributed by atoms with Crippen molar-refractivity contribution in [1.29, 1.82) is 0 Å². The molecule has 0 bridgehead atoms. The van der Waals surface area contributed by atoms with Gasteiger partial charge in [0.1, 0.15) is 17.0 Å². The minimum Gasteiger partial charge on any atom is -0.481 e. The third-order valence-corrected chi connectivity index (χ3v) is 3.44. The number of nitrogens with zero attached hydrogens (tertiary/aromatic N) is 1. The Morgan fingerprint density at radius 2 is 1.87 bits per heavy atom. The quantitative estimate of drug-likeness (QED) is 0.542. The number of carbonyl (C=O) groups excluding carboxylic acids is 1. The van der Waals surface area contributed by atoms with Gasteiger partial charge in [0.25, 0.3) is 0 Å². The summed E-state index contributed by atoms with van der Waals surface area (Å²) in [5.41, 5.74) is 3.28. The summed E-state index contributed by atoms with van der Waals surface area (Å²) in [4.78, 5) is 16.2. The molecule has 0 spiro atoms.